The van der Waals surface area contributed by atoms with Crippen molar-refractivity contribution in [2.45, 2.75) is 26.7 Å². The molecule has 1 aromatic carbocycles. The standard InChI is InChI=1S/C19H25N5O3/c1-14(25)20-17-5-3-16(4-6-17)7-8-23-9-11-24(12-10-23)19(26)13-18-21-15(2)27-22-18/h3-6H,7-13H2,1-2H3,(H,20,25). The molecule has 1 fully saturated rings. The number of hydrogen-bond acceptors (Lipinski definition) is 6. The average molecular weight is 371 g/mol. The second kappa shape index (κ2) is 8.77. The topological polar surface area (TPSA) is 91.6 Å². The molecule has 8 heteroatoms. The zero-order valence-electron chi connectivity index (χ0n) is 15.8. The Kier molecular flexibility index (Phi) is 6.18. The first kappa shape index (κ1) is 19.0. The Morgan fingerprint density at radius 2 is 1.85 bits per heavy atom. The van der Waals surface area contributed by atoms with Gasteiger partial charge in [0.05, 0.1) is 6.42 Å². The summed E-state index contributed by atoms with van der Waals surface area (Å²) in [5, 5.41) is 6.55. The van der Waals surface area contributed by atoms with E-state index in [9.17, 15) is 9.59 Å². The molecule has 27 heavy (non-hydrogen) atoms. The Labute approximate surface area is 158 Å². The first-order valence-corrected chi connectivity index (χ1v) is 9.15. The molecule has 1 N–H and O–H groups in total. The van der Waals surface area contributed by atoms with E-state index in [1.165, 1.54) is 12.5 Å². The van der Waals surface area contributed by atoms with Gasteiger partial charge < -0.3 is 14.7 Å². The van der Waals surface area contributed by atoms with Crippen molar-refractivity contribution in [2.24, 2.45) is 0 Å². The maximum atomic E-state index is 12.3. The number of aryl methyl sites for hydroxylation is 1. The molecule has 2 heterocycles. The number of hydrogen-bond donors (Lipinski definition) is 1. The van der Waals surface area contributed by atoms with E-state index in [1.54, 1.807) is 6.92 Å². The summed E-state index contributed by atoms with van der Waals surface area (Å²) in [7, 11) is 0. The highest BCUT2D eigenvalue weighted by Crippen LogP contribution is 2.11. The summed E-state index contributed by atoms with van der Waals surface area (Å²) in [5.41, 5.74) is 2.05. The number of aromatic nitrogens is 2. The number of anilines is 1. The third-order valence-electron chi connectivity index (χ3n) is 4.59. The summed E-state index contributed by atoms with van der Waals surface area (Å²) >= 11 is 0. The lowest BCUT2D eigenvalue weighted by atomic mass is 10.1. The molecule has 1 saturated heterocycles. The van der Waals surface area contributed by atoms with Crippen molar-refractivity contribution >= 4 is 17.5 Å². The number of nitrogens with zero attached hydrogens (tertiary/aromatic N) is 4. The molecule has 0 atom stereocenters. The van der Waals surface area contributed by atoms with Crippen LogP contribution in [-0.2, 0) is 22.4 Å². The van der Waals surface area contributed by atoms with Crippen molar-refractivity contribution in [1.82, 2.24) is 19.9 Å². The van der Waals surface area contributed by atoms with Gasteiger partial charge in [-0.2, -0.15) is 4.98 Å². The predicted octanol–water partition coefficient (Wildman–Crippen LogP) is 1.27. The number of rotatable bonds is 6. The van der Waals surface area contributed by atoms with Crippen LogP contribution >= 0.6 is 0 Å². The van der Waals surface area contributed by atoms with Crippen LogP contribution in [0.1, 0.15) is 24.2 Å². The van der Waals surface area contributed by atoms with Crippen LogP contribution in [0.3, 0.4) is 0 Å². The van der Waals surface area contributed by atoms with Crippen molar-refractivity contribution in [2.75, 3.05) is 38.0 Å². The van der Waals surface area contributed by atoms with Crippen LogP contribution in [0.2, 0.25) is 0 Å². The van der Waals surface area contributed by atoms with E-state index in [4.69, 9.17) is 4.52 Å². The fourth-order valence-corrected chi connectivity index (χ4v) is 3.13. The number of piperazine rings is 1. The number of carbonyl (C=O) groups excluding carboxylic acids is 2. The molecule has 3 rings (SSSR count). The van der Waals surface area contributed by atoms with E-state index in [-0.39, 0.29) is 18.2 Å². The monoisotopic (exact) mass is 371 g/mol. The summed E-state index contributed by atoms with van der Waals surface area (Å²) in [5.74, 6) is 0.906. The second-order valence-corrected chi connectivity index (χ2v) is 6.76. The molecule has 1 aliphatic rings. The predicted molar refractivity (Wildman–Crippen MR) is 100 cm³/mol. The zero-order valence-corrected chi connectivity index (χ0v) is 15.8. The van der Waals surface area contributed by atoms with Crippen LogP contribution in [0, 0.1) is 6.92 Å². The zero-order chi connectivity index (χ0) is 19.2. The molecule has 2 amide bonds. The Hall–Kier alpha value is -2.74. The van der Waals surface area contributed by atoms with Gasteiger partial charge in [-0.05, 0) is 24.1 Å². The van der Waals surface area contributed by atoms with E-state index >= 15 is 0 Å². The van der Waals surface area contributed by atoms with Gasteiger partial charge in [0.1, 0.15) is 0 Å². The molecule has 0 saturated carbocycles. The van der Waals surface area contributed by atoms with Gasteiger partial charge in [0.15, 0.2) is 5.82 Å². The normalized spacial score (nSPS) is 15.0. The highest BCUT2D eigenvalue weighted by Gasteiger charge is 2.22. The van der Waals surface area contributed by atoms with Crippen molar-refractivity contribution in [3.8, 4) is 0 Å². The smallest absolute Gasteiger partial charge is 0.230 e. The molecule has 2 aromatic rings. The third-order valence-corrected chi connectivity index (χ3v) is 4.59. The molecule has 0 aliphatic carbocycles. The van der Waals surface area contributed by atoms with E-state index in [2.05, 4.69) is 20.4 Å². The first-order chi connectivity index (χ1) is 13.0. The lowest BCUT2D eigenvalue weighted by molar-refractivity contribution is -0.132. The first-order valence-electron chi connectivity index (χ1n) is 9.15. The van der Waals surface area contributed by atoms with E-state index < -0.39 is 0 Å². The van der Waals surface area contributed by atoms with Gasteiger partial charge in [0.2, 0.25) is 17.7 Å². The highest BCUT2D eigenvalue weighted by atomic mass is 16.5. The number of amides is 2. The second-order valence-electron chi connectivity index (χ2n) is 6.76. The number of nitrogens with one attached hydrogen (secondary N) is 1. The SMILES string of the molecule is CC(=O)Nc1ccc(CCN2CCN(C(=O)Cc3noc(C)n3)CC2)cc1. The molecule has 1 aromatic heterocycles. The van der Waals surface area contributed by atoms with Gasteiger partial charge in [-0.1, -0.05) is 17.3 Å². The van der Waals surface area contributed by atoms with Crippen LogP contribution in [0.5, 0.6) is 0 Å². The molecule has 0 bridgehead atoms. The third kappa shape index (κ3) is 5.62. The molecule has 0 unspecified atom stereocenters. The molecule has 0 radical (unpaired) electrons. The quantitative estimate of drug-likeness (QED) is 0.822. The Balaban J connectivity index is 1.40. The summed E-state index contributed by atoms with van der Waals surface area (Å²) in [6, 6.07) is 7.93. The van der Waals surface area contributed by atoms with Crippen molar-refractivity contribution in [3.05, 3.63) is 41.5 Å². The lowest BCUT2D eigenvalue weighted by Gasteiger charge is -2.34. The number of benzene rings is 1. The van der Waals surface area contributed by atoms with Crippen molar-refractivity contribution in [1.29, 1.82) is 0 Å². The van der Waals surface area contributed by atoms with Crippen molar-refractivity contribution in [3.63, 3.8) is 0 Å². The largest absolute Gasteiger partial charge is 0.340 e. The van der Waals surface area contributed by atoms with Crippen LogP contribution in [0.15, 0.2) is 28.8 Å². The summed E-state index contributed by atoms with van der Waals surface area (Å²) in [4.78, 5) is 31.7. The van der Waals surface area contributed by atoms with Gasteiger partial charge in [-0.3, -0.25) is 14.5 Å². The van der Waals surface area contributed by atoms with Gasteiger partial charge in [-0.25, -0.2) is 0 Å². The lowest BCUT2D eigenvalue weighted by Crippen LogP contribution is -2.49. The van der Waals surface area contributed by atoms with E-state index in [1.807, 2.05) is 29.2 Å². The van der Waals surface area contributed by atoms with Crippen LogP contribution in [0.25, 0.3) is 0 Å². The maximum Gasteiger partial charge on any atom is 0.230 e. The van der Waals surface area contributed by atoms with Crippen LogP contribution in [0.4, 0.5) is 5.69 Å². The van der Waals surface area contributed by atoms with Gasteiger partial charge in [0, 0.05) is 52.3 Å². The minimum Gasteiger partial charge on any atom is -0.340 e. The molecule has 1 aliphatic heterocycles. The molecular formula is C19H25N5O3. The molecule has 0 spiro atoms. The average Bonchev–Trinajstić information content (AvgIpc) is 3.06. The van der Waals surface area contributed by atoms with Crippen LogP contribution < -0.4 is 5.32 Å². The number of carbonyl (C=O) groups is 2. The fraction of sp³-hybridized carbons (Fsp3) is 0.474. The summed E-state index contributed by atoms with van der Waals surface area (Å²) in [6.45, 7) is 7.33. The Bertz CT molecular complexity index is 779. The van der Waals surface area contributed by atoms with E-state index in [0.29, 0.717) is 11.7 Å². The highest BCUT2D eigenvalue weighted by molar-refractivity contribution is 5.88. The van der Waals surface area contributed by atoms with Crippen molar-refractivity contribution < 1.29 is 14.1 Å². The van der Waals surface area contributed by atoms with Gasteiger partial charge in [0.25, 0.3) is 0 Å². The minimum absolute atomic E-state index is 0.0454. The Morgan fingerprint density at radius 1 is 1.15 bits per heavy atom. The van der Waals surface area contributed by atoms with Crippen LogP contribution in [-0.4, -0.2) is 64.5 Å². The summed E-state index contributed by atoms with van der Waals surface area (Å²) < 4.78 is 4.91. The fourth-order valence-electron chi connectivity index (χ4n) is 3.13. The molecular weight excluding hydrogens is 346 g/mol. The minimum atomic E-state index is -0.0652. The van der Waals surface area contributed by atoms with E-state index in [0.717, 1.165) is 44.8 Å². The summed E-state index contributed by atoms with van der Waals surface area (Å²) in [6.07, 6.45) is 1.13. The Morgan fingerprint density at radius 3 is 2.44 bits per heavy atom. The molecule has 8 nitrogen and oxygen atoms in total. The molecule has 144 valence electrons. The maximum absolute atomic E-state index is 12.3. The van der Waals surface area contributed by atoms with Gasteiger partial charge in [-0.15, -0.1) is 0 Å². The van der Waals surface area contributed by atoms with Gasteiger partial charge >= 0.3 is 0 Å².